The van der Waals surface area contributed by atoms with E-state index in [0.717, 1.165) is 11.1 Å². The molecule has 0 spiro atoms. The monoisotopic (exact) mass is 271 g/mol. The number of halogens is 2. The molecule has 1 N–H and O–H groups in total. The minimum absolute atomic E-state index is 0.0723. The summed E-state index contributed by atoms with van der Waals surface area (Å²) in [5.74, 6) is 0. The number of nitrogens with one attached hydrogen (secondary N) is 1. The van der Waals surface area contributed by atoms with Crippen molar-refractivity contribution in [3.05, 3.63) is 35.4 Å². The first-order chi connectivity index (χ1) is 8.78. The van der Waals surface area contributed by atoms with Gasteiger partial charge in [0.1, 0.15) is 6.61 Å². The summed E-state index contributed by atoms with van der Waals surface area (Å²) >= 11 is 0. The molecule has 4 heteroatoms. The molecule has 0 aliphatic carbocycles. The smallest absolute Gasteiger partial charge is 0.261 e. The molecule has 0 fully saturated rings. The minimum Gasteiger partial charge on any atom is -0.366 e. The molecule has 0 heterocycles. The third-order valence-corrected chi connectivity index (χ3v) is 2.69. The molecule has 1 atom stereocenters. The van der Waals surface area contributed by atoms with Crippen LogP contribution in [0.5, 0.6) is 0 Å². The van der Waals surface area contributed by atoms with Crippen LogP contribution in [0.4, 0.5) is 8.78 Å². The first-order valence-electron chi connectivity index (χ1n) is 6.49. The Hall–Kier alpha value is -1.00. The summed E-state index contributed by atoms with van der Waals surface area (Å²) in [4.78, 5) is 0. The third kappa shape index (κ3) is 6.64. The van der Waals surface area contributed by atoms with Gasteiger partial charge in [-0.05, 0) is 33.3 Å². The number of benzene rings is 1. The zero-order chi connectivity index (χ0) is 14.5. The Bertz CT molecular complexity index is 371. The number of rotatable bonds is 6. The Balaban J connectivity index is 2.70. The zero-order valence-corrected chi connectivity index (χ0v) is 12.0. The molecule has 1 aromatic carbocycles. The average molecular weight is 271 g/mol. The second kappa shape index (κ2) is 6.96. The van der Waals surface area contributed by atoms with Crippen molar-refractivity contribution in [3.63, 3.8) is 0 Å². The molecule has 0 aromatic heterocycles. The van der Waals surface area contributed by atoms with E-state index in [1.54, 1.807) is 0 Å². The Morgan fingerprint density at radius 2 is 1.74 bits per heavy atom. The number of hydrogen-bond donors (Lipinski definition) is 1. The van der Waals surface area contributed by atoms with Crippen molar-refractivity contribution in [2.75, 3.05) is 13.2 Å². The van der Waals surface area contributed by atoms with Crippen molar-refractivity contribution in [2.24, 2.45) is 0 Å². The van der Waals surface area contributed by atoms with E-state index in [2.05, 4.69) is 5.32 Å². The van der Waals surface area contributed by atoms with Crippen LogP contribution in [0.2, 0.25) is 0 Å². The highest BCUT2D eigenvalue weighted by atomic mass is 19.3. The maximum atomic E-state index is 12.3. The average Bonchev–Trinajstić information content (AvgIpc) is 2.29. The Labute approximate surface area is 114 Å². The molecule has 108 valence electrons. The molecule has 0 aliphatic rings. The van der Waals surface area contributed by atoms with Crippen LogP contribution in [-0.4, -0.2) is 25.1 Å². The number of aryl methyl sites for hydroxylation is 1. The van der Waals surface area contributed by atoms with E-state index < -0.39 is 13.0 Å². The summed E-state index contributed by atoms with van der Waals surface area (Å²) in [5, 5.41) is 3.29. The summed E-state index contributed by atoms with van der Waals surface area (Å²) in [6.45, 7) is 8.07. The lowest BCUT2D eigenvalue weighted by atomic mass is 10.0. The summed E-state index contributed by atoms with van der Waals surface area (Å²) in [7, 11) is 0. The van der Waals surface area contributed by atoms with Crippen LogP contribution < -0.4 is 5.32 Å². The third-order valence-electron chi connectivity index (χ3n) is 2.69. The van der Waals surface area contributed by atoms with Gasteiger partial charge in [-0.15, -0.1) is 0 Å². The van der Waals surface area contributed by atoms with E-state index >= 15 is 0 Å². The fraction of sp³-hybridized carbons (Fsp3) is 0.600. The van der Waals surface area contributed by atoms with E-state index in [1.165, 1.54) is 0 Å². The summed E-state index contributed by atoms with van der Waals surface area (Å²) < 4.78 is 29.9. The van der Waals surface area contributed by atoms with Gasteiger partial charge in [0.05, 0.1) is 6.10 Å². The van der Waals surface area contributed by atoms with Crippen LogP contribution in [0.25, 0.3) is 0 Å². The van der Waals surface area contributed by atoms with Gasteiger partial charge in [-0.3, -0.25) is 0 Å². The van der Waals surface area contributed by atoms with E-state index in [-0.39, 0.29) is 11.6 Å². The van der Waals surface area contributed by atoms with Gasteiger partial charge in [-0.1, -0.05) is 29.8 Å². The van der Waals surface area contributed by atoms with Crippen LogP contribution in [0, 0.1) is 6.92 Å². The highest BCUT2D eigenvalue weighted by molar-refractivity contribution is 5.23. The summed E-state index contributed by atoms with van der Waals surface area (Å²) in [6, 6.07) is 7.78. The fourth-order valence-corrected chi connectivity index (χ4v) is 1.64. The normalized spacial score (nSPS) is 13.8. The first kappa shape index (κ1) is 16.1. The van der Waals surface area contributed by atoms with E-state index in [1.807, 2.05) is 52.0 Å². The van der Waals surface area contributed by atoms with Gasteiger partial charge in [0.2, 0.25) is 0 Å². The molecule has 1 unspecified atom stereocenters. The summed E-state index contributed by atoms with van der Waals surface area (Å²) in [6.07, 6.45) is -2.79. The summed E-state index contributed by atoms with van der Waals surface area (Å²) in [5.41, 5.74) is 1.99. The van der Waals surface area contributed by atoms with Crippen LogP contribution in [0.3, 0.4) is 0 Å². The Kier molecular flexibility index (Phi) is 5.88. The SMILES string of the molecule is Cc1ccc(C(CNC(C)(C)C)OCC(F)F)cc1. The van der Waals surface area contributed by atoms with Gasteiger partial charge >= 0.3 is 0 Å². The molecule has 0 aliphatic heterocycles. The topological polar surface area (TPSA) is 21.3 Å². The number of alkyl halides is 2. The van der Waals surface area contributed by atoms with Crippen molar-refractivity contribution >= 4 is 0 Å². The van der Waals surface area contributed by atoms with Gasteiger partial charge in [0, 0.05) is 12.1 Å². The predicted molar refractivity (Wildman–Crippen MR) is 73.6 cm³/mol. The quantitative estimate of drug-likeness (QED) is 0.851. The first-order valence-corrected chi connectivity index (χ1v) is 6.49. The van der Waals surface area contributed by atoms with Crippen molar-refractivity contribution in [1.29, 1.82) is 0 Å². The minimum atomic E-state index is -2.44. The van der Waals surface area contributed by atoms with Crippen molar-refractivity contribution in [3.8, 4) is 0 Å². The Morgan fingerprint density at radius 3 is 2.21 bits per heavy atom. The van der Waals surface area contributed by atoms with Gasteiger partial charge < -0.3 is 10.1 Å². The highest BCUT2D eigenvalue weighted by Crippen LogP contribution is 2.19. The molecule has 2 nitrogen and oxygen atoms in total. The van der Waals surface area contributed by atoms with Crippen molar-refractivity contribution < 1.29 is 13.5 Å². The van der Waals surface area contributed by atoms with Gasteiger partial charge in [-0.2, -0.15) is 0 Å². The van der Waals surface area contributed by atoms with Crippen LogP contribution in [0.1, 0.15) is 38.0 Å². The standard InChI is InChI=1S/C15H23F2NO/c1-11-5-7-12(8-6-11)13(19-10-14(16)17)9-18-15(2,3)4/h5-8,13-14,18H,9-10H2,1-4H3. The molecular formula is C15H23F2NO. The van der Waals surface area contributed by atoms with Crippen molar-refractivity contribution in [1.82, 2.24) is 5.32 Å². The van der Waals surface area contributed by atoms with Gasteiger partial charge in [-0.25, -0.2) is 8.78 Å². The molecule has 0 amide bonds. The molecule has 0 bridgehead atoms. The van der Waals surface area contributed by atoms with E-state index in [9.17, 15) is 8.78 Å². The highest BCUT2D eigenvalue weighted by Gasteiger charge is 2.18. The molecule has 0 radical (unpaired) electrons. The van der Waals surface area contributed by atoms with Crippen LogP contribution in [-0.2, 0) is 4.74 Å². The molecule has 1 rings (SSSR count). The molecule has 1 aromatic rings. The van der Waals surface area contributed by atoms with Crippen LogP contribution in [0.15, 0.2) is 24.3 Å². The second-order valence-corrected chi connectivity index (χ2v) is 5.75. The van der Waals surface area contributed by atoms with Crippen LogP contribution >= 0.6 is 0 Å². The Morgan fingerprint density at radius 1 is 1.16 bits per heavy atom. The zero-order valence-electron chi connectivity index (χ0n) is 12.0. The lowest BCUT2D eigenvalue weighted by Crippen LogP contribution is -2.39. The maximum absolute atomic E-state index is 12.3. The van der Waals surface area contributed by atoms with E-state index in [0.29, 0.717) is 6.54 Å². The van der Waals surface area contributed by atoms with E-state index in [4.69, 9.17) is 4.74 Å². The molecule has 19 heavy (non-hydrogen) atoms. The van der Waals surface area contributed by atoms with Crippen molar-refractivity contribution in [2.45, 2.75) is 45.8 Å². The number of hydrogen-bond acceptors (Lipinski definition) is 2. The van der Waals surface area contributed by atoms with Gasteiger partial charge in [0.15, 0.2) is 0 Å². The second-order valence-electron chi connectivity index (χ2n) is 5.75. The molecule has 0 saturated carbocycles. The maximum Gasteiger partial charge on any atom is 0.261 e. The largest absolute Gasteiger partial charge is 0.366 e. The lowest BCUT2D eigenvalue weighted by molar-refractivity contribution is -0.0263. The lowest BCUT2D eigenvalue weighted by Gasteiger charge is -2.26. The predicted octanol–water partition coefficient (Wildman–Crippen LogP) is 3.71. The van der Waals surface area contributed by atoms with Gasteiger partial charge in [0.25, 0.3) is 6.43 Å². The number of ether oxygens (including phenoxy) is 1. The molecular weight excluding hydrogens is 248 g/mol. The molecule has 0 saturated heterocycles. The fourth-order valence-electron chi connectivity index (χ4n) is 1.64.